The average molecular weight is 344 g/mol. The first-order chi connectivity index (χ1) is 11.7. The van der Waals surface area contributed by atoms with Gasteiger partial charge in [-0.05, 0) is 31.9 Å². The molecule has 1 aromatic carbocycles. The van der Waals surface area contributed by atoms with Gasteiger partial charge in [0.05, 0.1) is 5.54 Å². The maximum Gasteiger partial charge on any atom is 0.251 e. The second kappa shape index (κ2) is 7.46. The molecule has 134 valence electrons. The molecule has 0 saturated carbocycles. The van der Waals surface area contributed by atoms with Crippen molar-refractivity contribution in [2.75, 3.05) is 0 Å². The summed E-state index contributed by atoms with van der Waals surface area (Å²) in [7, 11) is 0. The highest BCUT2D eigenvalue weighted by Crippen LogP contribution is 2.24. The predicted octanol–water partition coefficient (Wildman–Crippen LogP) is 2.57. The summed E-state index contributed by atoms with van der Waals surface area (Å²) in [5.41, 5.74) is -0.204. The van der Waals surface area contributed by atoms with Crippen LogP contribution in [0.25, 0.3) is 0 Å². The largest absolute Gasteiger partial charge is 0.344 e. The fourth-order valence-electron chi connectivity index (χ4n) is 2.44. The molecule has 0 radical (unpaired) electrons. The highest BCUT2D eigenvalue weighted by atomic mass is 16.5. The van der Waals surface area contributed by atoms with E-state index in [0.29, 0.717) is 17.3 Å². The fourth-order valence-corrected chi connectivity index (χ4v) is 2.44. The lowest BCUT2D eigenvalue weighted by atomic mass is 10.0. The molecule has 0 aliphatic rings. The molecule has 7 nitrogen and oxygen atoms in total. The summed E-state index contributed by atoms with van der Waals surface area (Å²) >= 11 is 0. The average Bonchev–Trinajstić information content (AvgIpc) is 3.02. The maximum absolute atomic E-state index is 12.4. The van der Waals surface area contributed by atoms with Crippen molar-refractivity contribution in [1.29, 1.82) is 0 Å². The third-order valence-corrected chi connectivity index (χ3v) is 3.74. The normalized spacial score (nSPS) is 12.7. The SMILES string of the molecule is CC(=O)NC(C)(C)c1noc([C@H](NC(=O)c2ccccc2)C(C)C)n1. The van der Waals surface area contributed by atoms with Gasteiger partial charge < -0.3 is 15.2 Å². The zero-order valence-electron chi connectivity index (χ0n) is 15.2. The van der Waals surface area contributed by atoms with Gasteiger partial charge >= 0.3 is 0 Å². The van der Waals surface area contributed by atoms with Crippen molar-refractivity contribution in [3.8, 4) is 0 Å². The van der Waals surface area contributed by atoms with Crippen molar-refractivity contribution in [3.63, 3.8) is 0 Å². The number of rotatable bonds is 6. The van der Waals surface area contributed by atoms with Crippen LogP contribution in [0.1, 0.15) is 62.7 Å². The zero-order chi connectivity index (χ0) is 18.6. The number of nitrogens with one attached hydrogen (secondary N) is 2. The minimum absolute atomic E-state index is 0.0461. The number of hydrogen-bond donors (Lipinski definition) is 2. The van der Waals surface area contributed by atoms with Crippen molar-refractivity contribution < 1.29 is 14.1 Å². The molecular formula is C18H24N4O3. The molecule has 25 heavy (non-hydrogen) atoms. The standard InChI is InChI=1S/C18H24N4O3/c1-11(2)14(19-15(24)13-9-7-6-8-10-13)16-20-17(22-25-16)18(4,5)21-12(3)23/h6-11,14H,1-5H3,(H,19,24)(H,21,23)/t14-/m1/s1. The van der Waals surface area contributed by atoms with E-state index in [-0.39, 0.29) is 17.7 Å². The number of carbonyl (C=O) groups excluding carboxylic acids is 2. The Morgan fingerprint density at radius 2 is 1.80 bits per heavy atom. The van der Waals surface area contributed by atoms with Crippen LogP contribution < -0.4 is 10.6 Å². The Labute approximate surface area is 147 Å². The quantitative estimate of drug-likeness (QED) is 0.839. The van der Waals surface area contributed by atoms with E-state index in [0.717, 1.165) is 0 Å². The van der Waals surface area contributed by atoms with Gasteiger partial charge in [-0.15, -0.1) is 0 Å². The molecule has 2 N–H and O–H groups in total. The van der Waals surface area contributed by atoms with Crippen LogP contribution in [-0.4, -0.2) is 22.0 Å². The first-order valence-corrected chi connectivity index (χ1v) is 8.19. The number of aromatic nitrogens is 2. The highest BCUT2D eigenvalue weighted by molar-refractivity contribution is 5.94. The Bertz CT molecular complexity index is 738. The molecule has 2 rings (SSSR count). The monoisotopic (exact) mass is 344 g/mol. The van der Waals surface area contributed by atoms with E-state index < -0.39 is 11.6 Å². The summed E-state index contributed by atoms with van der Waals surface area (Å²) in [6.45, 7) is 8.92. The summed E-state index contributed by atoms with van der Waals surface area (Å²) in [5.74, 6) is 0.323. The molecule has 1 atom stereocenters. The molecule has 7 heteroatoms. The van der Waals surface area contributed by atoms with Crippen LogP contribution in [0, 0.1) is 5.92 Å². The highest BCUT2D eigenvalue weighted by Gasteiger charge is 2.31. The van der Waals surface area contributed by atoms with E-state index in [2.05, 4.69) is 20.8 Å². The Hall–Kier alpha value is -2.70. The smallest absolute Gasteiger partial charge is 0.251 e. The van der Waals surface area contributed by atoms with E-state index in [9.17, 15) is 9.59 Å². The van der Waals surface area contributed by atoms with E-state index in [1.54, 1.807) is 38.1 Å². The van der Waals surface area contributed by atoms with E-state index in [4.69, 9.17) is 4.52 Å². The predicted molar refractivity (Wildman–Crippen MR) is 92.6 cm³/mol. The Balaban J connectivity index is 2.21. The molecular weight excluding hydrogens is 320 g/mol. The summed E-state index contributed by atoms with van der Waals surface area (Å²) in [6.07, 6.45) is 0. The van der Waals surface area contributed by atoms with Gasteiger partial charge in [-0.1, -0.05) is 37.2 Å². The molecule has 0 spiro atoms. The molecule has 2 amide bonds. The van der Waals surface area contributed by atoms with E-state index >= 15 is 0 Å². The Morgan fingerprint density at radius 1 is 1.16 bits per heavy atom. The second-order valence-corrected chi connectivity index (χ2v) is 6.82. The van der Waals surface area contributed by atoms with Gasteiger partial charge in [-0.25, -0.2) is 0 Å². The van der Waals surface area contributed by atoms with Crippen LogP contribution in [0.5, 0.6) is 0 Å². The van der Waals surface area contributed by atoms with Gasteiger partial charge in [0, 0.05) is 12.5 Å². The van der Waals surface area contributed by atoms with Crippen LogP contribution in [0.2, 0.25) is 0 Å². The van der Waals surface area contributed by atoms with Crippen molar-refractivity contribution in [3.05, 3.63) is 47.6 Å². The van der Waals surface area contributed by atoms with Crippen LogP contribution in [0.3, 0.4) is 0 Å². The molecule has 0 aliphatic heterocycles. The van der Waals surface area contributed by atoms with Gasteiger partial charge in [0.15, 0.2) is 5.82 Å². The zero-order valence-corrected chi connectivity index (χ0v) is 15.2. The third kappa shape index (κ3) is 4.65. The second-order valence-electron chi connectivity index (χ2n) is 6.82. The Kier molecular flexibility index (Phi) is 5.56. The van der Waals surface area contributed by atoms with Crippen LogP contribution >= 0.6 is 0 Å². The molecule has 2 aromatic rings. The van der Waals surface area contributed by atoms with Gasteiger partial charge in [-0.2, -0.15) is 4.98 Å². The fraction of sp³-hybridized carbons (Fsp3) is 0.444. The lowest BCUT2D eigenvalue weighted by Gasteiger charge is -2.21. The minimum atomic E-state index is -0.765. The van der Waals surface area contributed by atoms with Gasteiger partial charge in [0.2, 0.25) is 11.8 Å². The molecule has 1 aromatic heterocycles. The van der Waals surface area contributed by atoms with Gasteiger partial charge in [0.1, 0.15) is 6.04 Å². The van der Waals surface area contributed by atoms with Crippen LogP contribution in [-0.2, 0) is 10.3 Å². The number of hydrogen-bond acceptors (Lipinski definition) is 5. The molecule has 0 unspecified atom stereocenters. The van der Waals surface area contributed by atoms with E-state index in [1.165, 1.54) is 6.92 Å². The molecule has 0 aliphatic carbocycles. The number of carbonyl (C=O) groups is 2. The lowest BCUT2D eigenvalue weighted by Crippen LogP contribution is -2.40. The number of benzene rings is 1. The first kappa shape index (κ1) is 18.6. The molecule has 1 heterocycles. The van der Waals surface area contributed by atoms with Crippen molar-refractivity contribution in [1.82, 2.24) is 20.8 Å². The van der Waals surface area contributed by atoms with Crippen molar-refractivity contribution in [2.45, 2.75) is 46.2 Å². The molecule has 0 saturated heterocycles. The molecule has 0 bridgehead atoms. The summed E-state index contributed by atoms with van der Waals surface area (Å²) < 4.78 is 5.37. The number of amides is 2. The first-order valence-electron chi connectivity index (χ1n) is 8.19. The van der Waals surface area contributed by atoms with Crippen LogP contribution in [0.4, 0.5) is 0 Å². The summed E-state index contributed by atoms with van der Waals surface area (Å²) in [4.78, 5) is 28.1. The van der Waals surface area contributed by atoms with Crippen LogP contribution in [0.15, 0.2) is 34.9 Å². The van der Waals surface area contributed by atoms with Gasteiger partial charge in [0.25, 0.3) is 5.91 Å². The topological polar surface area (TPSA) is 97.1 Å². The third-order valence-electron chi connectivity index (χ3n) is 3.74. The van der Waals surface area contributed by atoms with Crippen molar-refractivity contribution in [2.24, 2.45) is 5.92 Å². The lowest BCUT2D eigenvalue weighted by molar-refractivity contribution is -0.120. The maximum atomic E-state index is 12.4. The van der Waals surface area contributed by atoms with Crippen molar-refractivity contribution >= 4 is 11.8 Å². The summed E-state index contributed by atoms with van der Waals surface area (Å²) in [6, 6.07) is 8.52. The minimum Gasteiger partial charge on any atom is -0.344 e. The summed E-state index contributed by atoms with van der Waals surface area (Å²) in [5, 5.41) is 9.68. The molecule has 0 fully saturated rings. The van der Waals surface area contributed by atoms with E-state index in [1.807, 2.05) is 19.9 Å². The van der Waals surface area contributed by atoms with Gasteiger partial charge in [-0.3, -0.25) is 9.59 Å². The number of nitrogens with zero attached hydrogens (tertiary/aromatic N) is 2. The Morgan fingerprint density at radius 3 is 2.36 bits per heavy atom.